The van der Waals surface area contributed by atoms with Crippen LogP contribution in [-0.2, 0) is 9.47 Å². The summed E-state index contributed by atoms with van der Waals surface area (Å²) in [5, 5.41) is 9.31. The maximum Gasteiger partial charge on any atom is 0.473 e. The van der Waals surface area contributed by atoms with Gasteiger partial charge in [0.05, 0.1) is 11.1 Å². The van der Waals surface area contributed by atoms with Crippen molar-refractivity contribution in [3.8, 4) is 5.75 Å². The molecule has 1 rings (SSSR count). The van der Waals surface area contributed by atoms with E-state index in [0.29, 0.717) is 0 Å². The van der Waals surface area contributed by atoms with E-state index in [0.717, 1.165) is 0 Å². The second-order valence-electron chi connectivity index (χ2n) is 9.17. The summed E-state index contributed by atoms with van der Waals surface area (Å²) in [5.41, 5.74) is -4.80. The van der Waals surface area contributed by atoms with E-state index in [1.807, 2.05) is 0 Å². The van der Waals surface area contributed by atoms with E-state index in [4.69, 9.17) is 0 Å². The number of carbonyl (C=O) groups excluding carboxylic acids is 2. The van der Waals surface area contributed by atoms with E-state index in [-0.39, 0.29) is 0 Å². The number of phenolic OH excluding ortho intramolecular Hbond substituents is 1. The Bertz CT molecular complexity index is 1380. The Morgan fingerprint density at radius 1 is 0.373 bits per heavy atom. The average molecular weight is 818 g/mol. The predicted octanol–water partition coefficient (Wildman–Crippen LogP) is 9.10. The minimum Gasteiger partial charge on any atom is -0.508 e. The molecule has 0 spiro atoms. The first-order valence-electron chi connectivity index (χ1n) is 11.1. The van der Waals surface area contributed by atoms with Crippen LogP contribution < -0.4 is 0 Å². The predicted molar refractivity (Wildman–Crippen MR) is 101 cm³/mol. The van der Waals surface area contributed by atoms with Gasteiger partial charge in [-0.3, -0.25) is 0 Å². The van der Waals surface area contributed by atoms with E-state index in [1.165, 1.54) is 0 Å². The lowest BCUT2D eigenvalue weighted by molar-refractivity contribution is -0.459. The lowest BCUT2D eigenvalue weighted by Gasteiger charge is -2.38. The third-order valence-electron chi connectivity index (χ3n) is 5.64. The van der Waals surface area contributed by atoms with Crippen LogP contribution in [0.25, 0.3) is 0 Å². The van der Waals surface area contributed by atoms with Crippen molar-refractivity contribution in [1.82, 2.24) is 0 Å². The summed E-state index contributed by atoms with van der Waals surface area (Å²) in [7, 11) is 0. The Balaban J connectivity index is 3.56. The number of phenols is 1. The molecule has 1 N–H and O–H groups in total. The fourth-order valence-corrected chi connectivity index (χ4v) is 2.84. The summed E-state index contributed by atoms with van der Waals surface area (Å²) < 4.78 is 346. The zero-order valence-corrected chi connectivity index (χ0v) is 22.1. The number of alkyl halides is 26. The van der Waals surface area contributed by atoms with Crippen molar-refractivity contribution in [3.63, 3.8) is 0 Å². The number of esters is 2. The van der Waals surface area contributed by atoms with Crippen molar-refractivity contribution in [2.75, 3.05) is 0 Å². The lowest BCUT2D eigenvalue weighted by atomic mass is 9.97. The van der Waals surface area contributed by atoms with Crippen LogP contribution in [0.5, 0.6) is 5.75 Å². The number of aromatic hydroxyl groups is 1. The first-order valence-corrected chi connectivity index (χ1v) is 11.1. The number of ether oxygens (including phenoxy) is 2. The Kier molecular flexibility index (Phi) is 10.7. The normalized spacial score (nSPS) is 15.5. The molecule has 0 aromatic heterocycles. The van der Waals surface area contributed by atoms with Gasteiger partial charge in [0.15, 0.2) is 0 Å². The molecule has 0 aliphatic rings. The van der Waals surface area contributed by atoms with E-state index in [1.54, 1.807) is 0 Å². The molecule has 31 heteroatoms. The van der Waals surface area contributed by atoms with Gasteiger partial charge in [0.2, 0.25) is 0 Å². The number of benzene rings is 1. The van der Waals surface area contributed by atoms with Gasteiger partial charge in [-0.1, -0.05) is 0 Å². The SMILES string of the molecule is O=C(OC(F)(F)C(F)(F)C(F)(F)C(F)(F)C(F)(F)C(F)(F)F)c1cc(O)cc(C(=O)OC(F)(F)C(F)(F)C(F)(F)C(F)(F)C(F)(F)C(F)(F)F)c1. The molecule has 0 aliphatic heterocycles. The van der Waals surface area contributed by atoms with Gasteiger partial charge >= 0.3 is 83.9 Å². The smallest absolute Gasteiger partial charge is 0.473 e. The second-order valence-corrected chi connectivity index (χ2v) is 9.17. The molecule has 0 saturated carbocycles. The lowest BCUT2D eigenvalue weighted by Crippen LogP contribution is -2.70. The third kappa shape index (κ3) is 6.66. The quantitative estimate of drug-likeness (QED) is 0.168. The van der Waals surface area contributed by atoms with Crippen molar-refractivity contribution < 1.29 is 138 Å². The van der Waals surface area contributed by atoms with E-state index in [2.05, 4.69) is 9.47 Å². The maximum absolute atomic E-state index is 13.8. The Morgan fingerprint density at radius 3 is 0.804 bits per heavy atom. The summed E-state index contributed by atoms with van der Waals surface area (Å²) >= 11 is 0. The molecule has 1 aromatic carbocycles. The molecule has 0 bridgehead atoms. The average Bonchev–Trinajstić information content (AvgIpc) is 2.89. The van der Waals surface area contributed by atoms with Crippen LogP contribution in [0.1, 0.15) is 20.7 Å². The molecule has 1 aromatic rings. The summed E-state index contributed by atoms with van der Waals surface area (Å²) in [6.07, 6.45) is -31.1. The maximum atomic E-state index is 13.8. The fourth-order valence-electron chi connectivity index (χ4n) is 2.84. The molecular weight excluding hydrogens is 814 g/mol. The first-order chi connectivity index (χ1) is 21.9. The van der Waals surface area contributed by atoms with Gasteiger partial charge in [0.25, 0.3) is 0 Å². The molecule has 0 heterocycles. The van der Waals surface area contributed by atoms with Crippen LogP contribution >= 0.6 is 0 Å². The van der Waals surface area contributed by atoms with Crippen LogP contribution in [0.4, 0.5) is 114 Å². The number of rotatable bonds is 12. The molecule has 296 valence electrons. The van der Waals surface area contributed by atoms with Crippen molar-refractivity contribution in [2.24, 2.45) is 0 Å². The Hall–Kier alpha value is -3.86. The van der Waals surface area contributed by atoms with Crippen LogP contribution in [0.15, 0.2) is 18.2 Å². The molecule has 0 fully saturated rings. The van der Waals surface area contributed by atoms with Gasteiger partial charge in [-0.2, -0.15) is 114 Å². The van der Waals surface area contributed by atoms with Crippen LogP contribution in [0, 0.1) is 0 Å². The van der Waals surface area contributed by atoms with Gasteiger partial charge in [0.1, 0.15) is 5.75 Å². The molecule has 0 radical (unpaired) electrons. The standard InChI is InChI=1S/C20H4F26O5/c21-9(22,13(29,30)17(37,38)39)11(25,26)15(33,34)19(43,44)50-7(48)4-1-5(3-6(47)2-4)8(49)51-20(45,46)16(35,36)12(27,28)10(23,24)14(31,32)18(40,41)42/h1-3,47H. The minimum absolute atomic E-state index is 0.571. The largest absolute Gasteiger partial charge is 0.508 e. The molecule has 0 saturated heterocycles. The first kappa shape index (κ1) is 45.2. The topological polar surface area (TPSA) is 72.8 Å². The highest BCUT2D eigenvalue weighted by atomic mass is 19.4. The van der Waals surface area contributed by atoms with Crippen molar-refractivity contribution in [2.45, 2.75) is 72.0 Å². The summed E-state index contributed by atoms with van der Waals surface area (Å²) in [4.78, 5) is 23.5. The zero-order chi connectivity index (χ0) is 41.4. The highest BCUT2D eigenvalue weighted by molar-refractivity contribution is 5.96. The van der Waals surface area contributed by atoms with E-state index in [9.17, 15) is 129 Å². The number of halogens is 26. The van der Waals surface area contributed by atoms with Gasteiger partial charge in [-0.25, -0.2) is 9.59 Å². The van der Waals surface area contributed by atoms with Crippen LogP contribution in [0.3, 0.4) is 0 Å². The number of hydrogen-bond acceptors (Lipinski definition) is 5. The highest BCUT2D eigenvalue weighted by Gasteiger charge is 2.93. The van der Waals surface area contributed by atoms with Crippen LogP contribution in [-0.4, -0.2) is 89.0 Å². The molecule has 5 nitrogen and oxygen atoms in total. The molecule has 0 atom stereocenters. The molecule has 51 heavy (non-hydrogen) atoms. The highest BCUT2D eigenvalue weighted by Crippen LogP contribution is 2.62. The second kappa shape index (κ2) is 12.1. The molecule has 0 amide bonds. The van der Waals surface area contributed by atoms with Gasteiger partial charge in [-0.15, -0.1) is 0 Å². The van der Waals surface area contributed by atoms with Crippen molar-refractivity contribution in [1.29, 1.82) is 0 Å². The van der Waals surface area contributed by atoms with Crippen molar-refractivity contribution >= 4 is 11.9 Å². The molecule has 0 aliphatic carbocycles. The Labute approximate surface area is 258 Å². The number of carbonyl (C=O) groups is 2. The monoisotopic (exact) mass is 818 g/mol. The van der Waals surface area contributed by atoms with E-state index < -0.39 is 119 Å². The Morgan fingerprint density at radius 2 is 0.588 bits per heavy atom. The zero-order valence-electron chi connectivity index (χ0n) is 22.1. The van der Waals surface area contributed by atoms with Crippen LogP contribution in [0.2, 0.25) is 0 Å². The summed E-state index contributed by atoms with van der Waals surface area (Å²) in [6.45, 7) is 0. The van der Waals surface area contributed by atoms with Gasteiger partial charge in [-0.05, 0) is 18.2 Å². The number of hydrogen-bond donors (Lipinski definition) is 1. The third-order valence-corrected chi connectivity index (χ3v) is 5.64. The minimum atomic E-state index is -8.57. The van der Waals surface area contributed by atoms with E-state index >= 15 is 0 Å². The summed E-state index contributed by atoms with van der Waals surface area (Å²) in [6, 6.07) is -2.03. The van der Waals surface area contributed by atoms with Crippen molar-refractivity contribution in [3.05, 3.63) is 29.3 Å². The fraction of sp³-hybridized carbons (Fsp3) is 0.600. The molecule has 0 unspecified atom stereocenters. The van der Waals surface area contributed by atoms with Gasteiger partial charge in [0, 0.05) is 0 Å². The summed E-state index contributed by atoms with van der Waals surface area (Å²) in [5.74, 6) is -76.6. The molecular formula is C20H4F26O5. The van der Waals surface area contributed by atoms with Gasteiger partial charge < -0.3 is 14.6 Å².